The first-order chi connectivity index (χ1) is 10.1. The van der Waals surface area contributed by atoms with E-state index in [2.05, 4.69) is 22.3 Å². The van der Waals surface area contributed by atoms with Gasteiger partial charge in [0, 0.05) is 24.9 Å². The smallest absolute Gasteiger partial charge is 0.119 e. The van der Waals surface area contributed by atoms with E-state index in [1.54, 1.807) is 11.3 Å². The van der Waals surface area contributed by atoms with Crippen molar-refractivity contribution in [3.63, 3.8) is 0 Å². The fourth-order valence-corrected chi connectivity index (χ4v) is 2.61. The summed E-state index contributed by atoms with van der Waals surface area (Å²) in [6.07, 6.45) is 0.631. The molecule has 21 heavy (non-hydrogen) atoms. The van der Waals surface area contributed by atoms with E-state index in [9.17, 15) is 0 Å². The average molecular weight is 321 g/mol. The third-order valence-corrected chi connectivity index (χ3v) is 3.74. The molecule has 2 N–H and O–H groups in total. The Morgan fingerprint density at radius 3 is 2.76 bits per heavy atom. The zero-order chi connectivity index (χ0) is 15.1. The fourth-order valence-electron chi connectivity index (χ4n) is 1.90. The van der Waals surface area contributed by atoms with E-state index in [0.717, 1.165) is 30.1 Å². The van der Waals surface area contributed by atoms with Crippen molar-refractivity contribution < 1.29 is 4.74 Å². The van der Waals surface area contributed by atoms with Gasteiger partial charge in [-0.05, 0) is 24.7 Å². The first kappa shape index (κ1) is 15.9. The number of hydrogen-bond acceptors (Lipinski definition) is 5. The van der Waals surface area contributed by atoms with Crippen molar-refractivity contribution in [3.05, 3.63) is 46.4 Å². The van der Waals surface area contributed by atoms with Gasteiger partial charge >= 0.3 is 0 Å². The van der Waals surface area contributed by atoms with Crippen LogP contribution in [0.4, 0.5) is 0 Å². The minimum absolute atomic E-state index is 0.507. The van der Waals surface area contributed by atoms with Crippen LogP contribution in [-0.2, 0) is 13.0 Å². The predicted octanol–water partition coefficient (Wildman–Crippen LogP) is 2.48. The molecule has 0 amide bonds. The van der Waals surface area contributed by atoms with Crippen LogP contribution >= 0.6 is 23.6 Å². The number of thiazole rings is 1. The van der Waals surface area contributed by atoms with Crippen molar-refractivity contribution >= 4 is 28.5 Å². The van der Waals surface area contributed by atoms with E-state index in [0.29, 0.717) is 18.0 Å². The summed E-state index contributed by atoms with van der Waals surface area (Å²) in [5.41, 5.74) is 9.59. The molecule has 0 saturated heterocycles. The number of ether oxygens (including phenoxy) is 1. The first-order valence-electron chi connectivity index (χ1n) is 6.69. The average Bonchev–Trinajstić information content (AvgIpc) is 2.93. The summed E-state index contributed by atoms with van der Waals surface area (Å²) in [7, 11) is 2.06. The number of likely N-dealkylation sites (N-methyl/N-ethyl adjacent to an activating group) is 1. The Morgan fingerprint density at radius 1 is 1.38 bits per heavy atom. The Kier molecular flexibility index (Phi) is 6.10. The lowest BCUT2D eigenvalue weighted by Crippen LogP contribution is -2.24. The lowest BCUT2D eigenvalue weighted by molar-refractivity contribution is 0.231. The Labute approximate surface area is 134 Å². The molecule has 1 heterocycles. The summed E-state index contributed by atoms with van der Waals surface area (Å²) in [5, 5.41) is 2.07. The fraction of sp³-hybridized carbons (Fsp3) is 0.333. The minimum Gasteiger partial charge on any atom is -0.492 e. The zero-order valence-corrected chi connectivity index (χ0v) is 13.6. The highest BCUT2D eigenvalue weighted by molar-refractivity contribution is 7.80. The monoisotopic (exact) mass is 321 g/mol. The van der Waals surface area contributed by atoms with Crippen LogP contribution in [0, 0.1) is 0 Å². The Morgan fingerprint density at radius 2 is 2.14 bits per heavy atom. The van der Waals surface area contributed by atoms with Gasteiger partial charge in [0.25, 0.3) is 0 Å². The van der Waals surface area contributed by atoms with Crippen molar-refractivity contribution in [2.45, 2.75) is 13.0 Å². The molecule has 112 valence electrons. The van der Waals surface area contributed by atoms with E-state index in [1.807, 2.05) is 29.8 Å². The highest BCUT2D eigenvalue weighted by Crippen LogP contribution is 2.13. The van der Waals surface area contributed by atoms with Gasteiger partial charge in [0.1, 0.15) is 12.4 Å². The molecule has 6 heteroatoms. The molecule has 0 aliphatic rings. The molecule has 0 unspecified atom stereocenters. The predicted molar refractivity (Wildman–Crippen MR) is 90.9 cm³/mol. The second kappa shape index (κ2) is 8.07. The Hall–Kier alpha value is -1.50. The maximum atomic E-state index is 5.73. The molecule has 0 bridgehead atoms. The van der Waals surface area contributed by atoms with Crippen LogP contribution in [0.2, 0.25) is 0 Å². The lowest BCUT2D eigenvalue weighted by Gasteiger charge is -2.15. The van der Waals surface area contributed by atoms with E-state index in [-0.39, 0.29) is 0 Å². The van der Waals surface area contributed by atoms with Crippen LogP contribution < -0.4 is 10.5 Å². The Bertz CT molecular complexity index is 555. The molecule has 0 aliphatic carbocycles. The van der Waals surface area contributed by atoms with Gasteiger partial charge in [-0.2, -0.15) is 0 Å². The van der Waals surface area contributed by atoms with Crippen molar-refractivity contribution in [2.75, 3.05) is 20.2 Å². The number of nitrogens with two attached hydrogens (primary N) is 1. The van der Waals surface area contributed by atoms with Gasteiger partial charge in [0.15, 0.2) is 0 Å². The third-order valence-electron chi connectivity index (χ3n) is 2.96. The second-order valence-corrected chi connectivity index (χ2v) is 6.10. The van der Waals surface area contributed by atoms with E-state index in [1.165, 1.54) is 0 Å². The van der Waals surface area contributed by atoms with Gasteiger partial charge in [-0.15, -0.1) is 11.3 Å². The van der Waals surface area contributed by atoms with Crippen molar-refractivity contribution in [1.29, 1.82) is 0 Å². The topological polar surface area (TPSA) is 51.4 Å². The van der Waals surface area contributed by atoms with E-state index in [4.69, 9.17) is 22.7 Å². The van der Waals surface area contributed by atoms with Gasteiger partial charge in [-0.25, -0.2) is 4.98 Å². The SMILES string of the molecule is CN(CCOc1ccc(CC(N)=S)cc1)Cc1cscn1. The molecule has 1 aromatic carbocycles. The molecule has 2 aromatic rings. The zero-order valence-electron chi connectivity index (χ0n) is 12.0. The normalized spacial score (nSPS) is 10.8. The molecule has 0 spiro atoms. The van der Waals surface area contributed by atoms with Crippen molar-refractivity contribution in [2.24, 2.45) is 5.73 Å². The molecule has 0 saturated carbocycles. The summed E-state index contributed by atoms with van der Waals surface area (Å²) < 4.78 is 5.73. The highest BCUT2D eigenvalue weighted by Gasteiger charge is 2.03. The highest BCUT2D eigenvalue weighted by atomic mass is 32.1. The summed E-state index contributed by atoms with van der Waals surface area (Å²) >= 11 is 6.51. The quantitative estimate of drug-likeness (QED) is 0.757. The summed E-state index contributed by atoms with van der Waals surface area (Å²) in [6, 6.07) is 7.89. The lowest BCUT2D eigenvalue weighted by atomic mass is 10.1. The third kappa shape index (κ3) is 5.79. The van der Waals surface area contributed by atoms with Crippen LogP contribution in [0.3, 0.4) is 0 Å². The molecule has 2 rings (SSSR count). The maximum absolute atomic E-state index is 5.73. The first-order valence-corrected chi connectivity index (χ1v) is 8.04. The molecule has 0 fully saturated rings. The number of benzene rings is 1. The number of rotatable bonds is 8. The van der Waals surface area contributed by atoms with E-state index >= 15 is 0 Å². The van der Waals surface area contributed by atoms with Gasteiger partial charge in [-0.3, -0.25) is 4.90 Å². The van der Waals surface area contributed by atoms with Gasteiger partial charge in [0.2, 0.25) is 0 Å². The van der Waals surface area contributed by atoms with Gasteiger partial charge < -0.3 is 10.5 Å². The summed E-state index contributed by atoms with van der Waals surface area (Å²) in [5.74, 6) is 0.865. The maximum Gasteiger partial charge on any atom is 0.119 e. The number of hydrogen-bond donors (Lipinski definition) is 1. The van der Waals surface area contributed by atoms with Crippen LogP contribution in [0.1, 0.15) is 11.3 Å². The second-order valence-electron chi connectivity index (χ2n) is 4.85. The largest absolute Gasteiger partial charge is 0.492 e. The molecule has 1 aromatic heterocycles. The molecular formula is C15H19N3OS2. The van der Waals surface area contributed by atoms with E-state index < -0.39 is 0 Å². The molecule has 4 nitrogen and oxygen atoms in total. The standard InChI is InChI=1S/C15H19N3OS2/c1-18(9-13-10-21-11-17-13)6-7-19-14-4-2-12(3-5-14)8-15(16)20/h2-5,10-11H,6-9H2,1H3,(H2,16,20). The summed E-state index contributed by atoms with van der Waals surface area (Å²) in [6.45, 7) is 2.35. The van der Waals surface area contributed by atoms with Gasteiger partial charge in [-0.1, -0.05) is 24.4 Å². The number of aromatic nitrogens is 1. The van der Waals surface area contributed by atoms with Crippen LogP contribution in [0.25, 0.3) is 0 Å². The number of thiocarbonyl (C=S) groups is 1. The molecule has 0 radical (unpaired) electrons. The Balaban J connectivity index is 1.71. The molecular weight excluding hydrogens is 302 g/mol. The minimum atomic E-state index is 0.507. The van der Waals surface area contributed by atoms with Crippen LogP contribution in [0.5, 0.6) is 5.75 Å². The molecule has 0 atom stereocenters. The van der Waals surface area contributed by atoms with Crippen molar-refractivity contribution in [3.8, 4) is 5.75 Å². The van der Waals surface area contributed by atoms with Gasteiger partial charge in [0.05, 0.1) is 16.2 Å². The molecule has 0 aliphatic heterocycles. The van der Waals surface area contributed by atoms with Crippen LogP contribution in [0.15, 0.2) is 35.2 Å². The number of nitrogens with zero attached hydrogens (tertiary/aromatic N) is 2. The van der Waals surface area contributed by atoms with Crippen LogP contribution in [-0.4, -0.2) is 35.1 Å². The van der Waals surface area contributed by atoms with Crippen molar-refractivity contribution in [1.82, 2.24) is 9.88 Å². The summed E-state index contributed by atoms with van der Waals surface area (Å²) in [4.78, 5) is 6.97.